The summed E-state index contributed by atoms with van der Waals surface area (Å²) in [5, 5.41) is 1.78. The van der Waals surface area contributed by atoms with Gasteiger partial charge < -0.3 is 21.4 Å². The Morgan fingerprint density at radius 3 is 2.44 bits per heavy atom. The van der Waals surface area contributed by atoms with Crippen LogP contribution in [0, 0.1) is 0 Å². The maximum Gasteiger partial charge on any atom is 0.347 e. The van der Waals surface area contributed by atoms with Crippen LogP contribution in [0.5, 0.6) is 0 Å². The number of nitrogens with zero attached hydrogens (tertiary/aromatic N) is 1. The highest BCUT2D eigenvalue weighted by molar-refractivity contribution is 5.97. The lowest BCUT2D eigenvalue weighted by molar-refractivity contribution is -0.657. The third-order valence-corrected chi connectivity index (χ3v) is 4.04. The van der Waals surface area contributed by atoms with E-state index in [9.17, 15) is 9.59 Å². The molecular weight excluding hydrogens is 382 g/mol. The van der Waals surface area contributed by atoms with Crippen molar-refractivity contribution in [1.29, 1.82) is 0 Å². The molecule has 5 heteroatoms. The van der Waals surface area contributed by atoms with E-state index in [1.165, 1.54) is 0 Å². The topological polar surface area (TPSA) is 51.2 Å². The number of carbonyl (C=O) groups is 1. The van der Waals surface area contributed by atoms with Gasteiger partial charge in [0.05, 0.1) is 0 Å². The van der Waals surface area contributed by atoms with Gasteiger partial charge >= 0.3 is 5.63 Å². The van der Waals surface area contributed by atoms with Gasteiger partial charge in [-0.15, -0.1) is 0 Å². The second kappa shape index (κ2) is 6.99. The number of fused-ring (bicyclic) bond motifs is 2. The molecule has 2 heterocycles. The normalized spacial score (nSPS) is 10.6. The van der Waals surface area contributed by atoms with Gasteiger partial charge in [0.1, 0.15) is 11.1 Å². The summed E-state index contributed by atoms with van der Waals surface area (Å²) in [4.78, 5) is 24.8. The Kier molecular flexibility index (Phi) is 4.76. The van der Waals surface area contributed by atoms with E-state index < -0.39 is 5.63 Å². The second-order valence-electron chi connectivity index (χ2n) is 5.60. The number of Topliss-reactive ketones (excluding diaryl/α,β-unsaturated/α-hetero) is 1. The Bertz CT molecular complexity index is 1130. The number of para-hydroxylation sites is 2. The van der Waals surface area contributed by atoms with Gasteiger partial charge in [0.25, 0.3) is 0 Å². The molecule has 124 valence electrons. The van der Waals surface area contributed by atoms with E-state index in [2.05, 4.69) is 0 Å². The van der Waals surface area contributed by atoms with Crippen LogP contribution in [0.3, 0.4) is 0 Å². The second-order valence-corrected chi connectivity index (χ2v) is 5.60. The van der Waals surface area contributed by atoms with Gasteiger partial charge in [0, 0.05) is 22.9 Å². The quantitative estimate of drug-likeness (QED) is 0.281. The van der Waals surface area contributed by atoms with Crippen LogP contribution in [0.15, 0.2) is 82.1 Å². The van der Waals surface area contributed by atoms with Crippen molar-refractivity contribution in [2.75, 3.05) is 0 Å². The van der Waals surface area contributed by atoms with Crippen molar-refractivity contribution in [2.24, 2.45) is 0 Å². The minimum atomic E-state index is -0.598. The summed E-state index contributed by atoms with van der Waals surface area (Å²) < 4.78 is 7.09. The van der Waals surface area contributed by atoms with Crippen LogP contribution in [-0.4, -0.2) is 5.78 Å². The molecule has 0 atom stereocenters. The Balaban J connectivity index is 0.00000182. The van der Waals surface area contributed by atoms with E-state index in [1.807, 2.05) is 59.3 Å². The molecule has 2 aromatic carbocycles. The van der Waals surface area contributed by atoms with E-state index in [0.29, 0.717) is 5.58 Å². The first-order chi connectivity index (χ1) is 11.7. The first-order valence-electron chi connectivity index (χ1n) is 7.66. The van der Waals surface area contributed by atoms with Crippen LogP contribution in [0.25, 0.3) is 21.9 Å². The number of pyridine rings is 1. The molecule has 0 N–H and O–H groups in total. The maximum absolute atomic E-state index is 12.6. The zero-order valence-electron chi connectivity index (χ0n) is 13.2. The number of aromatic nitrogens is 1. The SMILES string of the molecule is O=C(C[n+]1cccc2ccccc21)c1cc2ccccc2oc1=O.[Br-]. The highest BCUT2D eigenvalue weighted by Gasteiger charge is 2.19. The number of halogens is 1. The molecule has 0 aliphatic carbocycles. The molecule has 0 spiro atoms. The van der Waals surface area contributed by atoms with Crippen molar-refractivity contribution in [3.63, 3.8) is 0 Å². The summed E-state index contributed by atoms with van der Waals surface area (Å²) in [7, 11) is 0. The Morgan fingerprint density at radius 1 is 0.920 bits per heavy atom. The summed E-state index contributed by atoms with van der Waals surface area (Å²) in [6.45, 7) is 0.0878. The predicted octanol–water partition coefficient (Wildman–Crippen LogP) is 0.121. The Labute approximate surface area is 154 Å². The van der Waals surface area contributed by atoms with Crippen LogP contribution in [0.2, 0.25) is 0 Å². The highest BCUT2D eigenvalue weighted by Crippen LogP contribution is 2.13. The zero-order valence-corrected chi connectivity index (χ0v) is 14.8. The number of rotatable bonds is 3. The monoisotopic (exact) mass is 395 g/mol. The van der Waals surface area contributed by atoms with Gasteiger partial charge in [0.2, 0.25) is 17.8 Å². The Morgan fingerprint density at radius 2 is 1.60 bits per heavy atom. The molecular formula is C20H14BrNO3. The summed E-state index contributed by atoms with van der Waals surface area (Å²) in [6, 6.07) is 20.5. The van der Waals surface area contributed by atoms with E-state index in [0.717, 1.165) is 16.3 Å². The molecule has 4 rings (SSSR count). The molecule has 4 aromatic rings. The Hall–Kier alpha value is -2.79. The molecule has 0 unspecified atom stereocenters. The molecule has 2 aromatic heterocycles. The molecule has 0 saturated heterocycles. The first-order valence-corrected chi connectivity index (χ1v) is 7.66. The standard InChI is InChI=1S/C20H14NO3.BrH/c22-18(13-21-11-5-8-14-6-1-3-9-17(14)21)16-12-15-7-2-4-10-19(15)24-20(16)23;/h1-12H,13H2;1H/q+1;/p-1. The van der Waals surface area contributed by atoms with Crippen LogP contribution in [-0.2, 0) is 6.54 Å². The number of benzene rings is 2. The minimum absolute atomic E-state index is 0. The third-order valence-electron chi connectivity index (χ3n) is 4.04. The predicted molar refractivity (Wildman–Crippen MR) is 91.0 cm³/mol. The molecule has 0 aliphatic rings. The first kappa shape index (κ1) is 17.0. The van der Waals surface area contributed by atoms with Crippen molar-refractivity contribution in [3.8, 4) is 0 Å². The van der Waals surface area contributed by atoms with Crippen LogP contribution in [0.1, 0.15) is 10.4 Å². The lowest BCUT2D eigenvalue weighted by atomic mass is 10.1. The molecule has 0 aliphatic heterocycles. The number of carbonyl (C=O) groups excluding carboxylic acids is 1. The van der Waals surface area contributed by atoms with Gasteiger partial charge in [-0.25, -0.2) is 4.79 Å². The largest absolute Gasteiger partial charge is 1.00 e. The average Bonchev–Trinajstić information content (AvgIpc) is 2.61. The van der Waals surface area contributed by atoms with E-state index in [1.54, 1.807) is 18.2 Å². The zero-order chi connectivity index (χ0) is 16.5. The fourth-order valence-electron chi connectivity index (χ4n) is 2.86. The van der Waals surface area contributed by atoms with E-state index >= 15 is 0 Å². The van der Waals surface area contributed by atoms with Crippen molar-refractivity contribution in [3.05, 3.63) is 88.9 Å². The number of hydrogen-bond donors (Lipinski definition) is 0. The summed E-state index contributed by atoms with van der Waals surface area (Å²) in [5.74, 6) is -0.268. The van der Waals surface area contributed by atoms with Gasteiger partial charge in [-0.3, -0.25) is 4.79 Å². The molecule has 25 heavy (non-hydrogen) atoms. The smallest absolute Gasteiger partial charge is 0.347 e. The molecule has 0 fully saturated rings. The number of ketones is 1. The van der Waals surface area contributed by atoms with Gasteiger partial charge in [-0.2, -0.15) is 4.57 Å². The van der Waals surface area contributed by atoms with Gasteiger partial charge in [-0.05, 0) is 24.3 Å². The average molecular weight is 396 g/mol. The molecule has 4 nitrogen and oxygen atoms in total. The minimum Gasteiger partial charge on any atom is -1.00 e. The third kappa shape index (κ3) is 3.23. The van der Waals surface area contributed by atoms with Crippen LogP contribution < -0.4 is 27.2 Å². The maximum atomic E-state index is 12.6. The van der Waals surface area contributed by atoms with Crippen molar-refractivity contribution in [2.45, 2.75) is 6.54 Å². The van der Waals surface area contributed by atoms with E-state index in [-0.39, 0.29) is 34.9 Å². The summed E-state index contributed by atoms with van der Waals surface area (Å²) in [5.41, 5.74) is 0.907. The highest BCUT2D eigenvalue weighted by atomic mass is 79.9. The molecule has 0 amide bonds. The lowest BCUT2D eigenvalue weighted by Gasteiger charge is -2.02. The van der Waals surface area contributed by atoms with E-state index in [4.69, 9.17) is 4.42 Å². The van der Waals surface area contributed by atoms with Crippen LogP contribution >= 0.6 is 0 Å². The fourth-order valence-corrected chi connectivity index (χ4v) is 2.86. The van der Waals surface area contributed by atoms with Gasteiger partial charge in [-0.1, -0.05) is 30.3 Å². The lowest BCUT2D eigenvalue weighted by Crippen LogP contribution is -3.00. The summed E-state index contributed by atoms with van der Waals surface area (Å²) >= 11 is 0. The summed E-state index contributed by atoms with van der Waals surface area (Å²) in [6.07, 6.45) is 1.84. The molecule has 0 radical (unpaired) electrons. The number of hydrogen-bond acceptors (Lipinski definition) is 3. The van der Waals surface area contributed by atoms with Crippen molar-refractivity contribution < 1.29 is 30.8 Å². The van der Waals surface area contributed by atoms with Crippen molar-refractivity contribution >= 4 is 27.7 Å². The van der Waals surface area contributed by atoms with Crippen LogP contribution in [0.4, 0.5) is 0 Å². The fraction of sp³-hybridized carbons (Fsp3) is 0.0500. The van der Waals surface area contributed by atoms with Crippen molar-refractivity contribution in [1.82, 2.24) is 0 Å². The van der Waals surface area contributed by atoms with Gasteiger partial charge in [0.15, 0.2) is 6.20 Å². The molecule has 0 saturated carbocycles. The molecule has 0 bridgehead atoms.